The van der Waals surface area contributed by atoms with E-state index in [0.29, 0.717) is 5.92 Å². The van der Waals surface area contributed by atoms with Gasteiger partial charge < -0.3 is 5.32 Å². The summed E-state index contributed by atoms with van der Waals surface area (Å²) >= 11 is 0. The lowest BCUT2D eigenvalue weighted by molar-refractivity contribution is 0.413. The molecule has 1 nitrogen and oxygen atoms in total. The van der Waals surface area contributed by atoms with Crippen molar-refractivity contribution in [2.24, 2.45) is 0 Å². The molecule has 0 amide bonds. The lowest BCUT2D eigenvalue weighted by Crippen LogP contribution is -2.36. The van der Waals surface area contributed by atoms with Crippen molar-refractivity contribution in [3.05, 3.63) is 34.9 Å². The average Bonchev–Trinajstić information content (AvgIpc) is 2.15. The van der Waals surface area contributed by atoms with Crippen LogP contribution >= 0.6 is 0 Å². The van der Waals surface area contributed by atoms with E-state index < -0.39 is 0 Å². The van der Waals surface area contributed by atoms with E-state index >= 15 is 0 Å². The summed E-state index contributed by atoms with van der Waals surface area (Å²) < 4.78 is 0. The zero-order valence-electron chi connectivity index (χ0n) is 12.2. The molecule has 0 saturated heterocycles. The molecule has 0 radical (unpaired) electrons. The number of hydrogen-bond donors (Lipinski definition) is 1. The van der Waals surface area contributed by atoms with E-state index in [1.807, 2.05) is 0 Å². The van der Waals surface area contributed by atoms with Gasteiger partial charge in [0.05, 0.1) is 0 Å². The largest absolute Gasteiger partial charge is 0.312 e. The number of aryl methyl sites for hydroxylation is 2. The van der Waals surface area contributed by atoms with Gasteiger partial charge in [-0.25, -0.2) is 0 Å². The highest BCUT2D eigenvalue weighted by atomic mass is 14.9. The van der Waals surface area contributed by atoms with Gasteiger partial charge in [0.2, 0.25) is 0 Å². The van der Waals surface area contributed by atoms with E-state index in [1.54, 1.807) is 0 Å². The van der Waals surface area contributed by atoms with Crippen molar-refractivity contribution in [3.8, 4) is 0 Å². The maximum atomic E-state index is 3.55. The van der Waals surface area contributed by atoms with Crippen molar-refractivity contribution >= 4 is 0 Å². The molecule has 1 atom stereocenters. The first-order valence-electron chi connectivity index (χ1n) is 6.62. The van der Waals surface area contributed by atoms with Crippen LogP contribution in [-0.2, 0) is 0 Å². The Bertz CT molecular complexity index is 360. The Balaban J connectivity index is 2.55. The van der Waals surface area contributed by atoms with Gasteiger partial charge in [0.15, 0.2) is 0 Å². The van der Waals surface area contributed by atoms with Crippen molar-refractivity contribution in [3.63, 3.8) is 0 Å². The summed E-state index contributed by atoms with van der Waals surface area (Å²) in [7, 11) is 0. The number of nitrogens with one attached hydrogen (secondary N) is 1. The van der Waals surface area contributed by atoms with Crippen LogP contribution < -0.4 is 5.32 Å². The molecule has 0 spiro atoms. The summed E-state index contributed by atoms with van der Waals surface area (Å²) in [6.45, 7) is 14.4. The first-order chi connectivity index (χ1) is 7.79. The lowest BCUT2D eigenvalue weighted by atomic mass is 9.92. The standard InChI is InChI=1S/C16H27N/c1-12-7-8-15(14(3)11-12)13(2)9-10-17-16(4,5)6/h7-8,11,13,17H,9-10H2,1-6H3. The molecule has 1 aromatic rings. The minimum absolute atomic E-state index is 0.224. The first-order valence-corrected chi connectivity index (χ1v) is 6.62. The highest BCUT2D eigenvalue weighted by molar-refractivity contribution is 5.32. The third-order valence-corrected chi connectivity index (χ3v) is 3.19. The molecular weight excluding hydrogens is 206 g/mol. The Labute approximate surface area is 107 Å². The van der Waals surface area contributed by atoms with Crippen LogP contribution in [0.25, 0.3) is 0 Å². The van der Waals surface area contributed by atoms with Gasteiger partial charge in [-0.05, 0) is 64.6 Å². The Morgan fingerprint density at radius 1 is 1.18 bits per heavy atom. The molecule has 1 unspecified atom stereocenters. The number of hydrogen-bond acceptors (Lipinski definition) is 1. The van der Waals surface area contributed by atoms with E-state index in [1.165, 1.54) is 23.1 Å². The molecule has 0 fully saturated rings. The third-order valence-electron chi connectivity index (χ3n) is 3.19. The molecule has 0 aromatic heterocycles. The van der Waals surface area contributed by atoms with Gasteiger partial charge in [-0.15, -0.1) is 0 Å². The second-order valence-electron chi connectivity index (χ2n) is 6.23. The molecule has 0 aliphatic heterocycles. The molecule has 96 valence electrons. The van der Waals surface area contributed by atoms with Gasteiger partial charge in [-0.2, -0.15) is 0 Å². The van der Waals surface area contributed by atoms with Crippen LogP contribution in [0.5, 0.6) is 0 Å². The van der Waals surface area contributed by atoms with Gasteiger partial charge in [0, 0.05) is 5.54 Å². The second kappa shape index (κ2) is 5.68. The van der Waals surface area contributed by atoms with Crippen LogP contribution in [0, 0.1) is 13.8 Å². The fourth-order valence-electron chi connectivity index (χ4n) is 2.20. The lowest BCUT2D eigenvalue weighted by Gasteiger charge is -2.22. The summed E-state index contributed by atoms with van der Waals surface area (Å²) in [6.07, 6.45) is 1.20. The van der Waals surface area contributed by atoms with Crippen LogP contribution in [0.3, 0.4) is 0 Å². The fraction of sp³-hybridized carbons (Fsp3) is 0.625. The van der Waals surface area contributed by atoms with E-state index in [9.17, 15) is 0 Å². The van der Waals surface area contributed by atoms with E-state index in [-0.39, 0.29) is 5.54 Å². The monoisotopic (exact) mass is 233 g/mol. The summed E-state index contributed by atoms with van der Waals surface area (Å²) in [4.78, 5) is 0. The zero-order valence-corrected chi connectivity index (χ0v) is 12.2. The summed E-state index contributed by atoms with van der Waals surface area (Å²) in [6, 6.07) is 6.78. The first kappa shape index (κ1) is 14.2. The van der Waals surface area contributed by atoms with Gasteiger partial charge >= 0.3 is 0 Å². The molecule has 0 aliphatic rings. The number of rotatable bonds is 4. The van der Waals surface area contributed by atoms with Gasteiger partial charge in [-0.1, -0.05) is 30.7 Å². The Hall–Kier alpha value is -0.820. The molecule has 17 heavy (non-hydrogen) atoms. The summed E-state index contributed by atoms with van der Waals surface area (Å²) in [5, 5.41) is 3.55. The van der Waals surface area contributed by atoms with Crippen LogP contribution in [0.15, 0.2) is 18.2 Å². The number of benzene rings is 1. The van der Waals surface area contributed by atoms with E-state index in [4.69, 9.17) is 0 Å². The molecular formula is C16H27N. The summed E-state index contributed by atoms with van der Waals surface area (Å²) in [5.41, 5.74) is 4.49. The average molecular weight is 233 g/mol. The topological polar surface area (TPSA) is 12.0 Å². The van der Waals surface area contributed by atoms with Crippen molar-refractivity contribution in [2.75, 3.05) is 6.54 Å². The van der Waals surface area contributed by atoms with Crippen LogP contribution in [0.2, 0.25) is 0 Å². The van der Waals surface area contributed by atoms with E-state index in [2.05, 4.69) is 65.1 Å². The Kier molecular flexibility index (Phi) is 4.76. The second-order valence-corrected chi connectivity index (χ2v) is 6.23. The SMILES string of the molecule is Cc1ccc(C(C)CCNC(C)(C)C)c(C)c1. The van der Waals surface area contributed by atoms with Crippen LogP contribution in [-0.4, -0.2) is 12.1 Å². The maximum Gasteiger partial charge on any atom is 0.00965 e. The minimum Gasteiger partial charge on any atom is -0.312 e. The quantitative estimate of drug-likeness (QED) is 0.822. The van der Waals surface area contributed by atoms with Crippen LogP contribution in [0.1, 0.15) is 56.7 Å². The van der Waals surface area contributed by atoms with Crippen molar-refractivity contribution in [2.45, 2.75) is 59.4 Å². The molecule has 1 N–H and O–H groups in total. The molecule has 1 heteroatoms. The highest BCUT2D eigenvalue weighted by Crippen LogP contribution is 2.23. The predicted octanol–water partition coefficient (Wildman–Crippen LogP) is 4.19. The Morgan fingerprint density at radius 2 is 1.82 bits per heavy atom. The highest BCUT2D eigenvalue weighted by Gasteiger charge is 2.11. The molecule has 0 aliphatic carbocycles. The predicted molar refractivity (Wildman–Crippen MR) is 76.7 cm³/mol. The van der Waals surface area contributed by atoms with Crippen molar-refractivity contribution in [1.82, 2.24) is 5.32 Å². The van der Waals surface area contributed by atoms with Gasteiger partial charge in [0.25, 0.3) is 0 Å². The van der Waals surface area contributed by atoms with Crippen molar-refractivity contribution in [1.29, 1.82) is 0 Å². The molecule has 1 aromatic carbocycles. The maximum absolute atomic E-state index is 3.55. The zero-order chi connectivity index (χ0) is 13.1. The molecule has 1 rings (SSSR count). The molecule has 0 heterocycles. The summed E-state index contributed by atoms with van der Waals surface area (Å²) in [5.74, 6) is 0.630. The van der Waals surface area contributed by atoms with Crippen molar-refractivity contribution < 1.29 is 0 Å². The Morgan fingerprint density at radius 3 is 2.35 bits per heavy atom. The van der Waals surface area contributed by atoms with Gasteiger partial charge in [-0.3, -0.25) is 0 Å². The normalized spacial score (nSPS) is 13.8. The molecule has 0 saturated carbocycles. The van der Waals surface area contributed by atoms with Crippen LogP contribution in [0.4, 0.5) is 0 Å². The smallest absolute Gasteiger partial charge is 0.00965 e. The third kappa shape index (κ3) is 4.91. The van der Waals surface area contributed by atoms with Gasteiger partial charge in [0.1, 0.15) is 0 Å². The fourth-order valence-corrected chi connectivity index (χ4v) is 2.20. The van der Waals surface area contributed by atoms with E-state index in [0.717, 1.165) is 6.54 Å². The molecule has 0 bridgehead atoms. The minimum atomic E-state index is 0.224.